The van der Waals surface area contributed by atoms with E-state index in [9.17, 15) is 0 Å². The van der Waals surface area contributed by atoms with Crippen LogP contribution in [-0.4, -0.2) is 27.9 Å². The maximum atomic E-state index is 4.47. The van der Waals surface area contributed by atoms with E-state index in [1.807, 2.05) is 0 Å². The lowest BCUT2D eigenvalue weighted by Crippen LogP contribution is -2.36. The monoisotopic (exact) mass is 280 g/mol. The van der Waals surface area contributed by atoms with Crippen LogP contribution in [0, 0.1) is 11.3 Å². The fraction of sp³-hybridized carbons (Fsp3) is 0.875. The summed E-state index contributed by atoms with van der Waals surface area (Å²) in [7, 11) is 0. The van der Waals surface area contributed by atoms with Gasteiger partial charge >= 0.3 is 0 Å². The Morgan fingerprint density at radius 2 is 2.00 bits per heavy atom. The highest BCUT2D eigenvalue weighted by Gasteiger charge is 2.26. The van der Waals surface area contributed by atoms with Crippen LogP contribution in [0.5, 0.6) is 0 Å². The van der Waals surface area contributed by atoms with E-state index in [0.717, 1.165) is 25.3 Å². The van der Waals surface area contributed by atoms with Gasteiger partial charge in [0.05, 0.1) is 0 Å². The Hall–Kier alpha value is -0.900. The highest BCUT2D eigenvalue weighted by Crippen LogP contribution is 2.27. The van der Waals surface area contributed by atoms with Gasteiger partial charge in [-0.1, -0.05) is 34.1 Å². The fourth-order valence-corrected chi connectivity index (χ4v) is 2.72. The Balaban J connectivity index is 2.71. The second kappa shape index (κ2) is 7.77. The fourth-order valence-electron chi connectivity index (χ4n) is 2.72. The summed E-state index contributed by atoms with van der Waals surface area (Å²) < 4.78 is 2.05. The van der Waals surface area contributed by atoms with Crippen molar-refractivity contribution >= 4 is 0 Å². The smallest absolute Gasteiger partial charge is 0.138 e. The number of nitrogens with one attached hydrogen (secondary N) is 1. The van der Waals surface area contributed by atoms with E-state index in [2.05, 4.69) is 61.6 Å². The molecule has 0 fully saturated rings. The third-order valence-electron chi connectivity index (χ3n) is 3.68. The molecule has 0 radical (unpaired) electrons. The van der Waals surface area contributed by atoms with Crippen LogP contribution in [0.3, 0.4) is 0 Å². The maximum absolute atomic E-state index is 4.47. The van der Waals surface area contributed by atoms with Crippen LogP contribution < -0.4 is 5.32 Å². The van der Waals surface area contributed by atoms with Crippen LogP contribution in [0.1, 0.15) is 66.3 Å². The lowest BCUT2D eigenvalue weighted by atomic mass is 9.81. The van der Waals surface area contributed by atoms with E-state index in [0.29, 0.717) is 12.0 Å². The molecule has 1 N–H and O–H groups in total. The highest BCUT2D eigenvalue weighted by molar-refractivity contribution is 4.94. The summed E-state index contributed by atoms with van der Waals surface area (Å²) in [5, 5.41) is 7.97. The summed E-state index contributed by atoms with van der Waals surface area (Å²) in [6, 6.07) is 0.377. The molecule has 0 saturated heterocycles. The Kier molecular flexibility index (Phi) is 6.66. The summed E-state index contributed by atoms with van der Waals surface area (Å²) >= 11 is 0. The lowest BCUT2D eigenvalue weighted by Gasteiger charge is -2.30. The van der Waals surface area contributed by atoms with Gasteiger partial charge in [0.2, 0.25) is 0 Å². The molecule has 1 aromatic heterocycles. The van der Waals surface area contributed by atoms with Crippen molar-refractivity contribution in [3.05, 3.63) is 12.2 Å². The third-order valence-corrected chi connectivity index (χ3v) is 3.68. The van der Waals surface area contributed by atoms with Gasteiger partial charge in [0.1, 0.15) is 12.2 Å². The minimum Gasteiger partial charge on any atom is -0.316 e. The SMILES string of the molecule is CCCC(C)(CNCC(C)C)Cc1ncnn1C(C)C. The molecule has 116 valence electrons. The minimum atomic E-state index is 0.253. The van der Waals surface area contributed by atoms with Crippen molar-refractivity contribution in [3.63, 3.8) is 0 Å². The van der Waals surface area contributed by atoms with Crippen LogP contribution in [0.4, 0.5) is 0 Å². The van der Waals surface area contributed by atoms with E-state index in [-0.39, 0.29) is 5.41 Å². The second-order valence-electron chi connectivity index (χ2n) is 6.98. The maximum Gasteiger partial charge on any atom is 0.138 e. The molecule has 0 aromatic carbocycles. The normalized spacial score (nSPS) is 15.0. The van der Waals surface area contributed by atoms with Gasteiger partial charge in [-0.25, -0.2) is 9.67 Å². The topological polar surface area (TPSA) is 42.7 Å². The van der Waals surface area contributed by atoms with Gasteiger partial charge < -0.3 is 5.32 Å². The molecular formula is C16H32N4. The summed E-state index contributed by atoms with van der Waals surface area (Å²) in [6.45, 7) is 15.6. The molecule has 0 aliphatic carbocycles. The van der Waals surface area contributed by atoms with Crippen LogP contribution in [0.2, 0.25) is 0 Å². The second-order valence-corrected chi connectivity index (χ2v) is 6.98. The van der Waals surface area contributed by atoms with Crippen molar-refractivity contribution in [2.45, 2.75) is 66.8 Å². The molecular weight excluding hydrogens is 248 g/mol. The Morgan fingerprint density at radius 1 is 1.30 bits per heavy atom. The molecule has 1 atom stereocenters. The van der Waals surface area contributed by atoms with Gasteiger partial charge in [0, 0.05) is 19.0 Å². The number of rotatable bonds is 9. The summed E-state index contributed by atoms with van der Waals surface area (Å²) in [5.41, 5.74) is 0.253. The number of hydrogen-bond acceptors (Lipinski definition) is 3. The van der Waals surface area contributed by atoms with Gasteiger partial charge in [0.25, 0.3) is 0 Å². The van der Waals surface area contributed by atoms with E-state index < -0.39 is 0 Å². The molecule has 0 aliphatic rings. The molecule has 0 amide bonds. The van der Waals surface area contributed by atoms with E-state index in [1.165, 1.54) is 12.8 Å². The van der Waals surface area contributed by atoms with Crippen molar-refractivity contribution in [1.82, 2.24) is 20.1 Å². The molecule has 1 unspecified atom stereocenters. The first-order valence-electron chi connectivity index (χ1n) is 7.97. The van der Waals surface area contributed by atoms with Crippen molar-refractivity contribution in [2.75, 3.05) is 13.1 Å². The molecule has 20 heavy (non-hydrogen) atoms. The van der Waals surface area contributed by atoms with Crippen LogP contribution >= 0.6 is 0 Å². The first-order valence-corrected chi connectivity index (χ1v) is 7.97. The number of aromatic nitrogens is 3. The molecule has 4 nitrogen and oxygen atoms in total. The zero-order valence-electron chi connectivity index (χ0n) is 14.1. The standard InChI is InChI=1S/C16H32N4/c1-7-8-16(6,11-17-10-13(2)3)9-15-18-12-19-20(15)14(4)5/h12-14,17H,7-11H2,1-6H3. The number of hydrogen-bond donors (Lipinski definition) is 1. The zero-order valence-corrected chi connectivity index (χ0v) is 14.1. The third kappa shape index (κ3) is 5.23. The molecule has 1 aromatic rings. The summed E-state index contributed by atoms with van der Waals surface area (Å²) in [6.07, 6.45) is 5.09. The van der Waals surface area contributed by atoms with E-state index >= 15 is 0 Å². The average molecular weight is 280 g/mol. The molecule has 0 aliphatic heterocycles. The van der Waals surface area contributed by atoms with Crippen LogP contribution in [0.15, 0.2) is 6.33 Å². The lowest BCUT2D eigenvalue weighted by molar-refractivity contribution is 0.259. The van der Waals surface area contributed by atoms with E-state index in [1.54, 1.807) is 6.33 Å². The molecule has 4 heteroatoms. The van der Waals surface area contributed by atoms with Gasteiger partial charge in [-0.3, -0.25) is 0 Å². The predicted molar refractivity (Wildman–Crippen MR) is 84.8 cm³/mol. The highest BCUT2D eigenvalue weighted by atomic mass is 15.3. The quantitative estimate of drug-likeness (QED) is 0.753. The van der Waals surface area contributed by atoms with Gasteiger partial charge in [-0.05, 0) is 38.1 Å². The summed E-state index contributed by atoms with van der Waals surface area (Å²) in [4.78, 5) is 4.47. The first-order chi connectivity index (χ1) is 9.38. The predicted octanol–water partition coefficient (Wildman–Crippen LogP) is 3.45. The first kappa shape index (κ1) is 17.2. The van der Waals surface area contributed by atoms with Gasteiger partial charge in [0.15, 0.2) is 0 Å². The van der Waals surface area contributed by atoms with Crippen molar-refractivity contribution in [1.29, 1.82) is 0 Å². The minimum absolute atomic E-state index is 0.253. The van der Waals surface area contributed by atoms with Crippen molar-refractivity contribution in [2.24, 2.45) is 11.3 Å². The number of nitrogens with zero attached hydrogens (tertiary/aromatic N) is 3. The Labute approximate surface area is 124 Å². The molecule has 0 bridgehead atoms. The van der Waals surface area contributed by atoms with Crippen molar-refractivity contribution in [3.8, 4) is 0 Å². The van der Waals surface area contributed by atoms with Crippen LogP contribution in [-0.2, 0) is 6.42 Å². The zero-order chi connectivity index (χ0) is 15.2. The Morgan fingerprint density at radius 3 is 2.55 bits per heavy atom. The van der Waals surface area contributed by atoms with Gasteiger partial charge in [-0.15, -0.1) is 0 Å². The van der Waals surface area contributed by atoms with Crippen molar-refractivity contribution < 1.29 is 0 Å². The molecule has 1 rings (SSSR count). The van der Waals surface area contributed by atoms with Gasteiger partial charge in [-0.2, -0.15) is 5.10 Å². The molecule has 0 spiro atoms. The largest absolute Gasteiger partial charge is 0.316 e. The van der Waals surface area contributed by atoms with Crippen LogP contribution in [0.25, 0.3) is 0 Å². The molecule has 0 saturated carbocycles. The molecule has 1 heterocycles. The van der Waals surface area contributed by atoms with E-state index in [4.69, 9.17) is 0 Å². The average Bonchev–Trinajstić information content (AvgIpc) is 2.76. The Bertz CT molecular complexity index is 384. The summed E-state index contributed by atoms with van der Waals surface area (Å²) in [5.74, 6) is 1.81.